The molecule has 9 heteroatoms. The molecule has 1 amide bonds. The number of fused-ring (bicyclic) bond motifs is 1. The van der Waals surface area contributed by atoms with E-state index in [9.17, 15) is 13.6 Å². The van der Waals surface area contributed by atoms with Crippen LogP contribution in [0.4, 0.5) is 14.5 Å². The number of amides is 1. The number of nitrogens with two attached hydrogens (primary N) is 1. The molecule has 0 spiro atoms. The Morgan fingerprint density at radius 2 is 2.09 bits per heavy atom. The van der Waals surface area contributed by atoms with Crippen molar-refractivity contribution < 1.29 is 18.3 Å². The van der Waals surface area contributed by atoms with Crippen LogP contribution in [0.1, 0.15) is 36.3 Å². The number of aromatic nitrogens is 1. The molecule has 1 saturated heterocycles. The molecule has 168 valence electrons. The zero-order valence-corrected chi connectivity index (χ0v) is 18.1. The van der Waals surface area contributed by atoms with Crippen molar-refractivity contribution in [2.75, 3.05) is 11.9 Å². The van der Waals surface area contributed by atoms with Crippen LogP contribution in [-0.2, 0) is 4.74 Å². The van der Waals surface area contributed by atoms with Crippen LogP contribution in [0.2, 0.25) is 0 Å². The molecule has 2 unspecified atom stereocenters. The van der Waals surface area contributed by atoms with Crippen molar-refractivity contribution in [2.24, 2.45) is 22.1 Å². The average Bonchev–Trinajstić information content (AvgIpc) is 3.11. The van der Waals surface area contributed by atoms with Gasteiger partial charge >= 0.3 is 0 Å². The predicted molar refractivity (Wildman–Crippen MR) is 116 cm³/mol. The van der Waals surface area contributed by atoms with Crippen LogP contribution in [0.3, 0.4) is 0 Å². The van der Waals surface area contributed by atoms with Crippen LogP contribution in [0, 0.1) is 41.2 Å². The summed E-state index contributed by atoms with van der Waals surface area (Å²) in [6.07, 6.45) is 1.93. The molecule has 4 rings (SSSR count). The minimum absolute atomic E-state index is 0.0957. The molecule has 3 heterocycles. The number of carbonyl (C=O) groups is 1. The van der Waals surface area contributed by atoms with Crippen molar-refractivity contribution in [3.8, 4) is 6.07 Å². The Bertz CT molecular complexity index is 1070. The van der Waals surface area contributed by atoms with E-state index in [0.29, 0.717) is 29.6 Å². The molecule has 2 aliphatic rings. The molecular formula is C23H25F2N5O2. The lowest BCUT2D eigenvalue weighted by atomic mass is 9.75. The van der Waals surface area contributed by atoms with Crippen LogP contribution < -0.4 is 11.1 Å². The number of aliphatic imine (C=N–C) groups is 1. The Hall–Kier alpha value is -3.38. The van der Waals surface area contributed by atoms with Gasteiger partial charge in [-0.2, -0.15) is 5.26 Å². The lowest BCUT2D eigenvalue weighted by Gasteiger charge is -2.32. The monoisotopic (exact) mass is 441 g/mol. The molecule has 0 radical (unpaired) electrons. The zero-order valence-electron chi connectivity index (χ0n) is 18.1. The number of anilines is 1. The number of pyridine rings is 1. The quantitative estimate of drug-likeness (QED) is 0.739. The summed E-state index contributed by atoms with van der Waals surface area (Å²) in [6, 6.07) is 9.08. The molecule has 2 aromatic rings. The van der Waals surface area contributed by atoms with Crippen molar-refractivity contribution in [1.29, 1.82) is 5.26 Å². The topological polar surface area (TPSA) is 113 Å². The van der Waals surface area contributed by atoms with Gasteiger partial charge in [-0.25, -0.2) is 13.8 Å². The number of hydrogen-bond donors (Lipinski definition) is 2. The average molecular weight is 441 g/mol. The summed E-state index contributed by atoms with van der Waals surface area (Å²) in [7, 11) is 0. The third-order valence-electron chi connectivity index (χ3n) is 5.76. The molecule has 7 nitrogen and oxygen atoms in total. The Kier molecular flexibility index (Phi) is 6.84. The highest BCUT2D eigenvalue weighted by molar-refractivity contribution is 6.02. The van der Waals surface area contributed by atoms with Gasteiger partial charge < -0.3 is 15.8 Å². The van der Waals surface area contributed by atoms with E-state index in [-0.39, 0.29) is 23.7 Å². The van der Waals surface area contributed by atoms with Crippen LogP contribution in [0.25, 0.3) is 0 Å². The van der Waals surface area contributed by atoms with E-state index in [0.717, 1.165) is 18.7 Å². The molecule has 0 saturated carbocycles. The van der Waals surface area contributed by atoms with E-state index in [1.807, 2.05) is 13.8 Å². The number of nitriles is 1. The van der Waals surface area contributed by atoms with E-state index < -0.39 is 17.1 Å². The minimum atomic E-state index is -0.594. The number of benzene rings is 1. The second-order valence-electron chi connectivity index (χ2n) is 8.21. The second-order valence-corrected chi connectivity index (χ2v) is 8.21. The molecule has 1 fully saturated rings. The molecule has 4 atom stereocenters. The minimum Gasteiger partial charge on any atom is -0.386 e. The summed E-state index contributed by atoms with van der Waals surface area (Å²) in [6.45, 7) is 6.14. The van der Waals surface area contributed by atoms with Gasteiger partial charge in [-0.15, -0.1) is 0 Å². The Balaban J connectivity index is 0.000000186. The van der Waals surface area contributed by atoms with Gasteiger partial charge in [0.15, 0.2) is 0 Å². The van der Waals surface area contributed by atoms with Crippen molar-refractivity contribution in [3.63, 3.8) is 0 Å². The smallest absolute Gasteiger partial charge is 0.274 e. The van der Waals surface area contributed by atoms with Gasteiger partial charge in [0.2, 0.25) is 0 Å². The third-order valence-corrected chi connectivity index (χ3v) is 5.76. The molecule has 32 heavy (non-hydrogen) atoms. The predicted octanol–water partition coefficient (Wildman–Crippen LogP) is 3.60. The summed E-state index contributed by atoms with van der Waals surface area (Å²) in [5.41, 5.74) is 6.19. The van der Waals surface area contributed by atoms with E-state index in [1.54, 1.807) is 6.92 Å². The summed E-state index contributed by atoms with van der Waals surface area (Å²) in [4.78, 5) is 19.8. The summed E-state index contributed by atoms with van der Waals surface area (Å²) in [5, 5.41) is 11.6. The van der Waals surface area contributed by atoms with E-state index in [2.05, 4.69) is 21.4 Å². The molecule has 1 aromatic heterocycles. The largest absolute Gasteiger partial charge is 0.386 e. The van der Waals surface area contributed by atoms with Crippen molar-refractivity contribution in [2.45, 2.75) is 39.3 Å². The summed E-state index contributed by atoms with van der Waals surface area (Å²) < 4.78 is 31.2. The number of ether oxygens (including phenoxy) is 1. The molecule has 3 N–H and O–H groups in total. The molecular weight excluding hydrogens is 416 g/mol. The summed E-state index contributed by atoms with van der Waals surface area (Å²) >= 11 is 0. The van der Waals surface area contributed by atoms with Gasteiger partial charge in [0.1, 0.15) is 28.6 Å². The van der Waals surface area contributed by atoms with Crippen LogP contribution >= 0.6 is 0 Å². The molecule has 2 aliphatic heterocycles. The van der Waals surface area contributed by atoms with Crippen molar-refractivity contribution in [1.82, 2.24) is 4.98 Å². The standard InChI is InChI=1S/C13H10F2N2O.C10H15N3O/c1-8-6-10(3-4-11(8)15)17-13(18)12-5-2-9(14)7-16-12;1-6-7-3-10(2,5-11)9(12)13-8(7)4-14-6/h2-7H,1H3,(H,17,18);6-8H,3-4H2,1-2H3,(H2,12,13)/t;6-,7?,8?,10+/m.0/s1. The van der Waals surface area contributed by atoms with E-state index >= 15 is 0 Å². The van der Waals surface area contributed by atoms with E-state index in [1.165, 1.54) is 24.3 Å². The fourth-order valence-corrected chi connectivity index (χ4v) is 3.67. The third kappa shape index (κ3) is 5.08. The van der Waals surface area contributed by atoms with Crippen LogP contribution in [-0.4, -0.2) is 35.5 Å². The first kappa shape index (κ1) is 23.3. The highest BCUT2D eigenvalue weighted by Crippen LogP contribution is 2.39. The van der Waals surface area contributed by atoms with Crippen LogP contribution in [0.5, 0.6) is 0 Å². The van der Waals surface area contributed by atoms with Gasteiger partial charge in [0, 0.05) is 11.6 Å². The normalized spacial score (nSPS) is 26.1. The maximum atomic E-state index is 13.0. The Morgan fingerprint density at radius 1 is 1.34 bits per heavy atom. The highest BCUT2D eigenvalue weighted by Gasteiger charge is 2.45. The SMILES string of the molecule is C[C@@H]1OCC2N=C(N)[C@@](C)(C#N)CC21.Cc1cc(NC(=O)c2ccc(F)cn2)ccc1F. The number of nitrogens with zero attached hydrogens (tertiary/aromatic N) is 3. The number of rotatable bonds is 2. The number of carbonyl (C=O) groups excluding carboxylic acids is 1. The number of nitrogens with one attached hydrogen (secondary N) is 1. The van der Waals surface area contributed by atoms with Gasteiger partial charge in [0.05, 0.1) is 31.0 Å². The number of halogens is 2. The van der Waals surface area contributed by atoms with Crippen molar-refractivity contribution >= 4 is 17.4 Å². The van der Waals surface area contributed by atoms with Crippen LogP contribution in [0.15, 0.2) is 41.5 Å². The van der Waals surface area contributed by atoms with E-state index in [4.69, 9.17) is 15.7 Å². The first-order chi connectivity index (χ1) is 15.1. The lowest BCUT2D eigenvalue weighted by molar-refractivity contribution is 0.0997. The lowest BCUT2D eigenvalue weighted by Crippen LogP contribution is -2.43. The first-order valence-electron chi connectivity index (χ1n) is 10.2. The number of aryl methyl sites for hydroxylation is 1. The molecule has 1 aromatic carbocycles. The number of amidine groups is 1. The first-order valence-corrected chi connectivity index (χ1v) is 10.2. The fourth-order valence-electron chi connectivity index (χ4n) is 3.67. The van der Waals surface area contributed by atoms with Gasteiger partial charge in [-0.3, -0.25) is 9.79 Å². The second kappa shape index (κ2) is 9.40. The van der Waals surface area contributed by atoms with Crippen molar-refractivity contribution in [3.05, 3.63) is 59.4 Å². The summed E-state index contributed by atoms with van der Waals surface area (Å²) in [5.74, 6) is -0.496. The Labute approximate surface area is 185 Å². The van der Waals surface area contributed by atoms with Gasteiger partial charge in [-0.1, -0.05) is 0 Å². The fraction of sp³-hybridized carbons (Fsp3) is 0.391. The molecule has 0 bridgehead atoms. The molecule has 0 aliphatic carbocycles. The maximum Gasteiger partial charge on any atom is 0.274 e. The Morgan fingerprint density at radius 3 is 2.72 bits per heavy atom. The van der Waals surface area contributed by atoms with Gasteiger partial charge in [0.25, 0.3) is 5.91 Å². The zero-order chi connectivity index (χ0) is 23.5. The maximum absolute atomic E-state index is 13.0. The number of hydrogen-bond acceptors (Lipinski definition) is 6. The van der Waals surface area contributed by atoms with Gasteiger partial charge in [-0.05, 0) is 63.1 Å². The highest BCUT2D eigenvalue weighted by atomic mass is 19.1.